The molecule has 0 heterocycles. The minimum Gasteiger partial charge on any atom is -0.307 e. The van der Waals surface area contributed by atoms with Crippen molar-refractivity contribution in [3.05, 3.63) is 70.0 Å². The molecule has 0 saturated heterocycles. The van der Waals surface area contributed by atoms with Crippen LogP contribution in [-0.4, -0.2) is 6.54 Å². The van der Waals surface area contributed by atoms with Crippen LogP contribution in [0, 0.1) is 12.7 Å². The Morgan fingerprint density at radius 1 is 1.10 bits per heavy atom. The number of hydrogen-bond donors (Lipinski definition) is 1. The SMILES string of the molecule is CCNC(c1ccc2c(c1)CCC2)c1cc(F)ccc1C. The van der Waals surface area contributed by atoms with Gasteiger partial charge in [-0.05, 0) is 72.7 Å². The summed E-state index contributed by atoms with van der Waals surface area (Å²) >= 11 is 0. The Kier molecular flexibility index (Phi) is 4.07. The molecule has 2 aromatic rings. The monoisotopic (exact) mass is 283 g/mol. The number of rotatable bonds is 4. The van der Waals surface area contributed by atoms with Crippen molar-refractivity contribution in [2.45, 2.75) is 39.2 Å². The number of nitrogens with one attached hydrogen (secondary N) is 1. The van der Waals surface area contributed by atoms with Crippen LogP contribution in [0.3, 0.4) is 0 Å². The second kappa shape index (κ2) is 5.98. The lowest BCUT2D eigenvalue weighted by Crippen LogP contribution is -2.23. The van der Waals surface area contributed by atoms with Gasteiger partial charge in [0.25, 0.3) is 0 Å². The third-order valence-corrected chi connectivity index (χ3v) is 4.42. The van der Waals surface area contributed by atoms with Crippen molar-refractivity contribution in [3.63, 3.8) is 0 Å². The van der Waals surface area contributed by atoms with Crippen molar-refractivity contribution < 1.29 is 4.39 Å². The minimum atomic E-state index is -0.167. The zero-order valence-electron chi connectivity index (χ0n) is 12.7. The second-order valence-corrected chi connectivity index (χ2v) is 5.87. The zero-order chi connectivity index (χ0) is 14.8. The summed E-state index contributed by atoms with van der Waals surface area (Å²) in [6.45, 7) is 5.00. The molecule has 1 nitrogen and oxygen atoms in total. The molecule has 1 N–H and O–H groups in total. The van der Waals surface area contributed by atoms with Gasteiger partial charge in [-0.2, -0.15) is 0 Å². The van der Waals surface area contributed by atoms with E-state index in [2.05, 4.69) is 30.4 Å². The summed E-state index contributed by atoms with van der Waals surface area (Å²) in [4.78, 5) is 0. The quantitative estimate of drug-likeness (QED) is 0.881. The molecule has 0 aromatic heterocycles. The van der Waals surface area contributed by atoms with Gasteiger partial charge in [0.1, 0.15) is 5.82 Å². The van der Waals surface area contributed by atoms with Crippen molar-refractivity contribution in [2.75, 3.05) is 6.54 Å². The van der Waals surface area contributed by atoms with Crippen molar-refractivity contribution in [1.29, 1.82) is 0 Å². The van der Waals surface area contributed by atoms with Gasteiger partial charge >= 0.3 is 0 Å². The van der Waals surface area contributed by atoms with Gasteiger partial charge in [0.05, 0.1) is 6.04 Å². The number of fused-ring (bicyclic) bond motifs is 1. The highest BCUT2D eigenvalue weighted by atomic mass is 19.1. The van der Waals surface area contributed by atoms with Crippen LogP contribution in [0.4, 0.5) is 4.39 Å². The van der Waals surface area contributed by atoms with Crippen LogP contribution < -0.4 is 5.32 Å². The summed E-state index contributed by atoms with van der Waals surface area (Å²) in [6.07, 6.45) is 3.62. The first-order valence-electron chi connectivity index (χ1n) is 7.80. The first kappa shape index (κ1) is 14.3. The normalized spacial score (nSPS) is 15.0. The van der Waals surface area contributed by atoms with Gasteiger partial charge in [-0.3, -0.25) is 0 Å². The maximum Gasteiger partial charge on any atom is 0.123 e. The van der Waals surface area contributed by atoms with Gasteiger partial charge in [0.15, 0.2) is 0 Å². The molecule has 0 radical (unpaired) electrons. The molecule has 110 valence electrons. The van der Waals surface area contributed by atoms with Crippen LogP contribution in [0.2, 0.25) is 0 Å². The molecule has 2 heteroatoms. The summed E-state index contributed by atoms with van der Waals surface area (Å²) in [5.74, 6) is -0.167. The molecular weight excluding hydrogens is 261 g/mol. The van der Waals surface area contributed by atoms with Gasteiger partial charge in [-0.15, -0.1) is 0 Å². The first-order chi connectivity index (χ1) is 10.2. The Balaban J connectivity index is 2.03. The van der Waals surface area contributed by atoms with E-state index in [-0.39, 0.29) is 11.9 Å². The van der Waals surface area contributed by atoms with Gasteiger partial charge in [-0.1, -0.05) is 31.2 Å². The van der Waals surface area contributed by atoms with Gasteiger partial charge in [0.2, 0.25) is 0 Å². The molecule has 21 heavy (non-hydrogen) atoms. The lowest BCUT2D eigenvalue weighted by atomic mass is 9.93. The molecule has 3 rings (SSSR count). The minimum absolute atomic E-state index is 0.0663. The molecule has 1 atom stereocenters. The Morgan fingerprint density at radius 3 is 2.71 bits per heavy atom. The predicted octanol–water partition coefficient (Wildman–Crippen LogP) is 4.32. The molecule has 0 saturated carbocycles. The summed E-state index contributed by atoms with van der Waals surface area (Å²) in [6, 6.07) is 11.9. The molecule has 2 aromatic carbocycles. The van der Waals surface area contributed by atoms with E-state index in [0.717, 1.165) is 17.7 Å². The fourth-order valence-electron chi connectivity index (χ4n) is 3.31. The van der Waals surface area contributed by atoms with Gasteiger partial charge < -0.3 is 5.32 Å². The van der Waals surface area contributed by atoms with E-state index < -0.39 is 0 Å². The fraction of sp³-hybridized carbons (Fsp3) is 0.368. The van der Waals surface area contributed by atoms with Crippen LogP contribution in [0.25, 0.3) is 0 Å². The van der Waals surface area contributed by atoms with E-state index in [1.165, 1.54) is 42.0 Å². The lowest BCUT2D eigenvalue weighted by molar-refractivity contribution is 0.600. The highest BCUT2D eigenvalue weighted by Crippen LogP contribution is 2.30. The zero-order valence-corrected chi connectivity index (χ0v) is 12.7. The van der Waals surface area contributed by atoms with Crippen LogP contribution in [0.5, 0.6) is 0 Å². The van der Waals surface area contributed by atoms with Crippen LogP contribution in [-0.2, 0) is 12.8 Å². The highest BCUT2D eigenvalue weighted by molar-refractivity contribution is 5.42. The van der Waals surface area contributed by atoms with E-state index in [0.29, 0.717) is 0 Å². The Hall–Kier alpha value is -1.67. The molecule has 0 bridgehead atoms. The molecule has 0 aliphatic heterocycles. The predicted molar refractivity (Wildman–Crippen MR) is 85.1 cm³/mol. The maximum atomic E-state index is 13.7. The number of hydrogen-bond acceptors (Lipinski definition) is 1. The summed E-state index contributed by atoms with van der Waals surface area (Å²) in [5.41, 5.74) is 6.35. The topological polar surface area (TPSA) is 12.0 Å². The Bertz CT molecular complexity index is 648. The standard InChI is InChI=1S/C19H22FN/c1-3-21-19(18-12-17(20)10-7-13(18)2)16-9-8-14-5-4-6-15(14)11-16/h7-12,19,21H,3-6H2,1-2H3. The molecular formula is C19H22FN. The third kappa shape index (κ3) is 2.86. The molecule has 1 unspecified atom stereocenters. The second-order valence-electron chi connectivity index (χ2n) is 5.87. The van der Waals surface area contributed by atoms with Gasteiger partial charge in [-0.25, -0.2) is 4.39 Å². The smallest absolute Gasteiger partial charge is 0.123 e. The van der Waals surface area contributed by atoms with E-state index in [1.807, 2.05) is 13.0 Å². The van der Waals surface area contributed by atoms with Crippen LogP contribution in [0.1, 0.15) is 47.2 Å². The molecule has 1 aliphatic rings. The Morgan fingerprint density at radius 2 is 1.90 bits per heavy atom. The first-order valence-corrected chi connectivity index (χ1v) is 7.80. The summed E-state index contributed by atoms with van der Waals surface area (Å²) < 4.78 is 13.7. The number of halogens is 1. The van der Waals surface area contributed by atoms with Crippen molar-refractivity contribution in [1.82, 2.24) is 5.32 Å². The van der Waals surface area contributed by atoms with Gasteiger partial charge in [0, 0.05) is 0 Å². The van der Waals surface area contributed by atoms with E-state index >= 15 is 0 Å². The van der Waals surface area contributed by atoms with Crippen LogP contribution in [0.15, 0.2) is 36.4 Å². The molecule has 0 fully saturated rings. The summed E-state index contributed by atoms with van der Waals surface area (Å²) in [7, 11) is 0. The molecule has 0 amide bonds. The number of aryl methyl sites for hydroxylation is 3. The van der Waals surface area contributed by atoms with E-state index in [9.17, 15) is 4.39 Å². The number of benzene rings is 2. The molecule has 1 aliphatic carbocycles. The van der Waals surface area contributed by atoms with Crippen molar-refractivity contribution in [2.24, 2.45) is 0 Å². The van der Waals surface area contributed by atoms with E-state index in [1.54, 1.807) is 6.07 Å². The summed E-state index contributed by atoms with van der Waals surface area (Å²) in [5, 5.41) is 3.51. The van der Waals surface area contributed by atoms with Crippen molar-refractivity contribution >= 4 is 0 Å². The fourth-order valence-corrected chi connectivity index (χ4v) is 3.31. The van der Waals surface area contributed by atoms with Crippen LogP contribution >= 0.6 is 0 Å². The largest absolute Gasteiger partial charge is 0.307 e. The lowest BCUT2D eigenvalue weighted by Gasteiger charge is -2.22. The van der Waals surface area contributed by atoms with Crippen molar-refractivity contribution in [3.8, 4) is 0 Å². The highest BCUT2D eigenvalue weighted by Gasteiger charge is 2.19. The molecule has 0 spiro atoms. The van der Waals surface area contributed by atoms with E-state index in [4.69, 9.17) is 0 Å². The maximum absolute atomic E-state index is 13.7. The average Bonchev–Trinajstić information content (AvgIpc) is 2.95. The average molecular weight is 283 g/mol. The Labute approximate surface area is 126 Å². The third-order valence-electron chi connectivity index (χ3n) is 4.42.